The Balaban J connectivity index is 1.41. The molecule has 4 rings (SSSR count). The van der Waals surface area contributed by atoms with Crippen molar-refractivity contribution in [2.45, 2.75) is 6.18 Å². The molecule has 0 unspecified atom stereocenters. The Labute approximate surface area is 172 Å². The number of hydrogen-bond acceptors (Lipinski definition) is 3. The number of halogens is 3. The van der Waals surface area contributed by atoms with Crippen molar-refractivity contribution in [3.8, 4) is 11.3 Å². The third kappa shape index (κ3) is 4.29. The molecule has 3 nitrogen and oxygen atoms in total. The molecular formula is C22H19F3N2OS. The van der Waals surface area contributed by atoms with E-state index in [0.717, 1.165) is 17.4 Å². The molecule has 0 amide bonds. The molecule has 0 spiro atoms. The molecule has 1 aromatic heterocycles. The van der Waals surface area contributed by atoms with Crippen molar-refractivity contribution in [3.63, 3.8) is 0 Å². The molecule has 1 aliphatic heterocycles. The second kappa shape index (κ2) is 7.91. The van der Waals surface area contributed by atoms with Crippen LogP contribution in [0.25, 0.3) is 11.3 Å². The molecule has 0 bridgehead atoms. The summed E-state index contributed by atoms with van der Waals surface area (Å²) in [7, 11) is 0. The van der Waals surface area contributed by atoms with Crippen LogP contribution in [0, 0.1) is 0 Å². The highest BCUT2D eigenvalue weighted by Gasteiger charge is 2.31. The maximum Gasteiger partial charge on any atom is 0.416 e. The van der Waals surface area contributed by atoms with Crippen LogP contribution in [0.4, 0.5) is 18.9 Å². The van der Waals surface area contributed by atoms with Gasteiger partial charge in [-0.05, 0) is 30.3 Å². The summed E-state index contributed by atoms with van der Waals surface area (Å²) < 4.78 is 44.8. The van der Waals surface area contributed by atoms with Crippen LogP contribution in [0.2, 0.25) is 0 Å². The fraction of sp³-hybridized carbons (Fsp3) is 0.227. The maximum atomic E-state index is 13.0. The molecule has 3 aromatic rings. The van der Waals surface area contributed by atoms with Crippen molar-refractivity contribution >= 4 is 22.9 Å². The van der Waals surface area contributed by atoms with Crippen molar-refractivity contribution in [2.75, 3.05) is 31.1 Å². The highest BCUT2D eigenvalue weighted by molar-refractivity contribution is 7.80. The number of nitrogens with zero attached hydrogens (tertiary/aromatic N) is 2. The van der Waals surface area contributed by atoms with Crippen LogP contribution in [0.15, 0.2) is 71.1 Å². The van der Waals surface area contributed by atoms with Gasteiger partial charge in [-0.2, -0.15) is 13.2 Å². The number of alkyl halides is 3. The minimum absolute atomic E-state index is 0.578. The quantitative estimate of drug-likeness (QED) is 0.528. The molecule has 2 aromatic carbocycles. The Kier molecular flexibility index (Phi) is 5.32. The molecule has 0 atom stereocenters. The number of rotatable bonds is 3. The summed E-state index contributed by atoms with van der Waals surface area (Å²) in [5.41, 5.74) is 0.933. The molecule has 2 heterocycles. The standard InChI is InChI=1S/C22H19F3N2OS/c23-22(24,25)17-7-4-8-18(15-17)26-11-13-27(14-12-26)21(29)20-10-9-19(28-20)16-5-2-1-3-6-16/h1-10,15H,11-14H2. The Hall–Kier alpha value is -2.80. The van der Waals surface area contributed by atoms with Crippen LogP contribution in [0.1, 0.15) is 11.3 Å². The first kappa shape index (κ1) is 19.5. The monoisotopic (exact) mass is 416 g/mol. The third-order valence-electron chi connectivity index (χ3n) is 4.98. The van der Waals surface area contributed by atoms with E-state index in [1.807, 2.05) is 52.3 Å². The molecule has 29 heavy (non-hydrogen) atoms. The lowest BCUT2D eigenvalue weighted by atomic mass is 10.1. The van der Waals surface area contributed by atoms with Crippen molar-refractivity contribution in [1.29, 1.82) is 0 Å². The van der Waals surface area contributed by atoms with Gasteiger partial charge >= 0.3 is 6.18 Å². The second-order valence-corrected chi connectivity index (χ2v) is 7.24. The molecule has 0 N–H and O–H groups in total. The number of thiocarbonyl (C=S) groups is 1. The van der Waals surface area contributed by atoms with Crippen LogP contribution in [0.5, 0.6) is 0 Å². The van der Waals surface area contributed by atoms with E-state index >= 15 is 0 Å². The van der Waals surface area contributed by atoms with Crippen molar-refractivity contribution in [3.05, 3.63) is 78.1 Å². The van der Waals surface area contributed by atoms with Gasteiger partial charge in [-0.15, -0.1) is 0 Å². The molecule has 0 radical (unpaired) electrons. The first-order valence-electron chi connectivity index (χ1n) is 9.28. The van der Waals surface area contributed by atoms with Crippen LogP contribution in [0.3, 0.4) is 0 Å². The number of piperazine rings is 1. The molecule has 7 heteroatoms. The van der Waals surface area contributed by atoms with Gasteiger partial charge in [-0.25, -0.2) is 0 Å². The zero-order valence-corrected chi connectivity index (χ0v) is 16.3. The topological polar surface area (TPSA) is 19.6 Å². The van der Waals surface area contributed by atoms with Crippen molar-refractivity contribution < 1.29 is 17.6 Å². The number of furan rings is 1. The minimum atomic E-state index is -4.34. The summed E-state index contributed by atoms with van der Waals surface area (Å²) in [5, 5.41) is 0. The molecule has 150 valence electrons. The third-order valence-corrected chi connectivity index (χ3v) is 5.44. The summed E-state index contributed by atoms with van der Waals surface area (Å²) in [4.78, 5) is 4.61. The molecule has 0 aliphatic carbocycles. The van der Waals surface area contributed by atoms with Gasteiger partial charge in [0.25, 0.3) is 0 Å². The lowest BCUT2D eigenvalue weighted by molar-refractivity contribution is -0.137. The highest BCUT2D eigenvalue weighted by Crippen LogP contribution is 2.32. The lowest BCUT2D eigenvalue weighted by Crippen LogP contribution is -2.48. The van der Waals surface area contributed by atoms with Crippen LogP contribution in [-0.2, 0) is 6.18 Å². The normalized spacial score (nSPS) is 14.9. The van der Waals surface area contributed by atoms with Gasteiger partial charge < -0.3 is 14.2 Å². The summed E-state index contributed by atoms with van der Waals surface area (Å²) in [5.74, 6) is 1.39. The molecule has 1 aliphatic rings. The Bertz CT molecular complexity index is 993. The fourth-order valence-corrected chi connectivity index (χ4v) is 3.71. The summed E-state index contributed by atoms with van der Waals surface area (Å²) in [6.07, 6.45) is -4.34. The molecule has 1 fully saturated rings. The fourth-order valence-electron chi connectivity index (χ4n) is 3.41. The predicted octanol–water partition coefficient (Wildman–Crippen LogP) is 5.46. The zero-order chi connectivity index (χ0) is 20.4. The van der Waals surface area contributed by atoms with Gasteiger partial charge in [0.05, 0.1) is 5.56 Å². The minimum Gasteiger partial charge on any atom is -0.454 e. The molecule has 0 saturated carbocycles. The Morgan fingerprint density at radius 2 is 1.59 bits per heavy atom. The first-order chi connectivity index (χ1) is 13.9. The molecule has 1 saturated heterocycles. The van der Waals surface area contributed by atoms with E-state index < -0.39 is 11.7 Å². The zero-order valence-electron chi connectivity index (χ0n) is 15.5. The van der Waals surface area contributed by atoms with Gasteiger partial charge in [-0.1, -0.05) is 48.6 Å². The average molecular weight is 416 g/mol. The molecular weight excluding hydrogens is 397 g/mol. The summed E-state index contributed by atoms with van der Waals surface area (Å²) in [6, 6.07) is 19.0. The van der Waals surface area contributed by atoms with Crippen molar-refractivity contribution in [1.82, 2.24) is 4.90 Å². The van der Waals surface area contributed by atoms with E-state index in [2.05, 4.69) is 0 Å². The Morgan fingerprint density at radius 3 is 2.28 bits per heavy atom. The first-order valence-corrected chi connectivity index (χ1v) is 9.69. The van der Waals surface area contributed by atoms with Gasteiger partial charge in [0.15, 0.2) is 5.76 Å². The maximum absolute atomic E-state index is 13.0. The van der Waals surface area contributed by atoms with Crippen LogP contribution >= 0.6 is 12.2 Å². The summed E-state index contributed by atoms with van der Waals surface area (Å²) >= 11 is 5.59. The van der Waals surface area contributed by atoms with Gasteiger partial charge in [0.2, 0.25) is 0 Å². The van der Waals surface area contributed by atoms with E-state index in [4.69, 9.17) is 16.6 Å². The van der Waals surface area contributed by atoms with Gasteiger partial charge in [-0.3, -0.25) is 0 Å². The largest absolute Gasteiger partial charge is 0.454 e. The van der Waals surface area contributed by atoms with E-state index in [0.29, 0.717) is 42.6 Å². The number of benzene rings is 2. The van der Waals surface area contributed by atoms with E-state index in [1.165, 1.54) is 12.1 Å². The van der Waals surface area contributed by atoms with Crippen LogP contribution in [-0.4, -0.2) is 36.1 Å². The van der Waals surface area contributed by atoms with E-state index in [1.54, 1.807) is 6.07 Å². The smallest absolute Gasteiger partial charge is 0.416 e. The average Bonchev–Trinajstić information content (AvgIpc) is 3.24. The van der Waals surface area contributed by atoms with Gasteiger partial charge in [0, 0.05) is 37.4 Å². The van der Waals surface area contributed by atoms with Crippen molar-refractivity contribution in [2.24, 2.45) is 0 Å². The lowest BCUT2D eigenvalue weighted by Gasteiger charge is -2.37. The SMILES string of the molecule is FC(F)(F)c1cccc(N2CCN(C(=S)c3ccc(-c4ccccc4)o3)CC2)c1. The highest BCUT2D eigenvalue weighted by atomic mass is 32.1. The van der Waals surface area contributed by atoms with Crippen LogP contribution < -0.4 is 4.90 Å². The van der Waals surface area contributed by atoms with Gasteiger partial charge in [0.1, 0.15) is 10.7 Å². The predicted molar refractivity (Wildman–Crippen MR) is 111 cm³/mol. The number of hydrogen-bond donors (Lipinski definition) is 0. The Morgan fingerprint density at radius 1 is 0.862 bits per heavy atom. The number of anilines is 1. The summed E-state index contributed by atoms with van der Waals surface area (Å²) in [6.45, 7) is 2.42. The second-order valence-electron chi connectivity index (χ2n) is 6.86. The van der Waals surface area contributed by atoms with E-state index in [-0.39, 0.29) is 0 Å². The van der Waals surface area contributed by atoms with E-state index in [9.17, 15) is 13.2 Å².